The fourth-order valence-electron chi connectivity index (χ4n) is 1.73. The van der Waals surface area contributed by atoms with Gasteiger partial charge in [-0.2, -0.15) is 0 Å². The van der Waals surface area contributed by atoms with Gasteiger partial charge in [0.1, 0.15) is 11.6 Å². The van der Waals surface area contributed by atoms with Crippen LogP contribution in [0.1, 0.15) is 23.7 Å². The van der Waals surface area contributed by atoms with E-state index in [4.69, 9.17) is 4.74 Å². The van der Waals surface area contributed by atoms with E-state index in [9.17, 15) is 9.18 Å². The van der Waals surface area contributed by atoms with Gasteiger partial charge in [-0.3, -0.25) is 4.79 Å². The molecule has 0 aliphatic heterocycles. The number of ether oxygens (including phenoxy) is 1. The first-order valence-electron chi connectivity index (χ1n) is 6.60. The number of rotatable bonds is 5. The Hall–Kier alpha value is -1.88. The predicted molar refractivity (Wildman–Crippen MR) is 84.3 cm³/mol. The zero-order chi connectivity index (χ0) is 15.2. The van der Waals surface area contributed by atoms with Crippen molar-refractivity contribution in [2.24, 2.45) is 0 Å². The van der Waals surface area contributed by atoms with E-state index in [1.807, 2.05) is 6.92 Å². The summed E-state index contributed by atoms with van der Waals surface area (Å²) in [6.45, 7) is 2.69. The molecule has 0 radical (unpaired) electrons. The monoisotopic (exact) mass is 351 g/mol. The SMILES string of the molecule is CCCOc1ccc(NC(=O)c2cccc(F)c2Br)cc1. The second kappa shape index (κ2) is 7.22. The van der Waals surface area contributed by atoms with Gasteiger partial charge in [0, 0.05) is 5.69 Å². The van der Waals surface area contributed by atoms with E-state index in [0.29, 0.717) is 12.3 Å². The molecular weight excluding hydrogens is 337 g/mol. The minimum atomic E-state index is -0.467. The summed E-state index contributed by atoms with van der Waals surface area (Å²) < 4.78 is 19.0. The minimum absolute atomic E-state index is 0.158. The van der Waals surface area contributed by atoms with Gasteiger partial charge in [0.2, 0.25) is 0 Å². The van der Waals surface area contributed by atoms with Crippen LogP contribution in [0.2, 0.25) is 0 Å². The first kappa shape index (κ1) is 15.5. The maximum Gasteiger partial charge on any atom is 0.256 e. The van der Waals surface area contributed by atoms with Gasteiger partial charge in [0.15, 0.2) is 0 Å². The van der Waals surface area contributed by atoms with Crippen LogP contribution in [0.3, 0.4) is 0 Å². The summed E-state index contributed by atoms with van der Waals surface area (Å²) in [6, 6.07) is 11.4. The van der Waals surface area contributed by atoms with Crippen molar-refractivity contribution in [3.63, 3.8) is 0 Å². The van der Waals surface area contributed by atoms with Gasteiger partial charge in [-0.05, 0) is 58.7 Å². The summed E-state index contributed by atoms with van der Waals surface area (Å²) >= 11 is 3.08. The first-order valence-corrected chi connectivity index (χ1v) is 7.39. The van der Waals surface area contributed by atoms with Crippen molar-refractivity contribution in [2.45, 2.75) is 13.3 Å². The maximum absolute atomic E-state index is 13.4. The van der Waals surface area contributed by atoms with Gasteiger partial charge >= 0.3 is 0 Å². The highest BCUT2D eigenvalue weighted by Crippen LogP contribution is 2.22. The minimum Gasteiger partial charge on any atom is -0.494 e. The third kappa shape index (κ3) is 4.04. The van der Waals surface area contributed by atoms with Gasteiger partial charge in [0.05, 0.1) is 16.6 Å². The lowest BCUT2D eigenvalue weighted by Gasteiger charge is -2.09. The Balaban J connectivity index is 2.07. The number of anilines is 1. The molecule has 2 rings (SSSR count). The van der Waals surface area contributed by atoms with E-state index in [1.165, 1.54) is 12.1 Å². The fraction of sp³-hybridized carbons (Fsp3) is 0.188. The summed E-state index contributed by atoms with van der Waals surface area (Å²) in [7, 11) is 0. The van der Waals surface area contributed by atoms with Crippen molar-refractivity contribution >= 4 is 27.5 Å². The molecule has 0 fully saturated rings. The lowest BCUT2D eigenvalue weighted by molar-refractivity contribution is 0.102. The third-order valence-corrected chi connectivity index (χ3v) is 3.59. The van der Waals surface area contributed by atoms with Gasteiger partial charge < -0.3 is 10.1 Å². The normalized spacial score (nSPS) is 10.2. The Morgan fingerprint density at radius 3 is 2.62 bits per heavy atom. The molecule has 0 unspecified atom stereocenters. The fourth-order valence-corrected chi connectivity index (χ4v) is 2.18. The van der Waals surface area contributed by atoms with Crippen LogP contribution in [0.15, 0.2) is 46.9 Å². The predicted octanol–water partition coefficient (Wildman–Crippen LogP) is 4.63. The summed E-state index contributed by atoms with van der Waals surface area (Å²) in [5, 5.41) is 2.72. The first-order chi connectivity index (χ1) is 10.1. The van der Waals surface area contributed by atoms with Crippen LogP contribution in [0, 0.1) is 5.82 Å². The molecule has 1 N–H and O–H groups in total. The van der Waals surface area contributed by atoms with Gasteiger partial charge in [0.25, 0.3) is 5.91 Å². The molecule has 1 amide bonds. The van der Waals surface area contributed by atoms with Crippen LogP contribution in [0.4, 0.5) is 10.1 Å². The molecule has 2 aromatic rings. The molecule has 5 heteroatoms. The number of benzene rings is 2. The molecule has 3 nitrogen and oxygen atoms in total. The summed E-state index contributed by atoms with van der Waals surface area (Å²) in [5.41, 5.74) is 0.876. The Kier molecular flexibility index (Phi) is 5.33. The second-order valence-electron chi connectivity index (χ2n) is 4.43. The van der Waals surface area contributed by atoms with Crippen molar-refractivity contribution in [3.8, 4) is 5.75 Å². The van der Waals surface area contributed by atoms with E-state index in [2.05, 4.69) is 21.2 Å². The zero-order valence-corrected chi connectivity index (χ0v) is 13.1. The molecule has 0 atom stereocenters. The Morgan fingerprint density at radius 1 is 1.24 bits per heavy atom. The number of hydrogen-bond acceptors (Lipinski definition) is 2. The molecule has 0 saturated carbocycles. The molecule has 0 spiro atoms. The van der Waals surface area contributed by atoms with Gasteiger partial charge in [-0.1, -0.05) is 13.0 Å². The van der Waals surface area contributed by atoms with Crippen LogP contribution in [0.5, 0.6) is 5.75 Å². The van der Waals surface area contributed by atoms with E-state index in [1.54, 1.807) is 30.3 Å². The lowest BCUT2D eigenvalue weighted by Crippen LogP contribution is -2.13. The Labute approximate surface area is 131 Å². The number of carbonyl (C=O) groups excluding carboxylic acids is 1. The molecule has 0 saturated heterocycles. The molecule has 2 aromatic carbocycles. The van der Waals surface area contributed by atoms with Gasteiger partial charge in [-0.15, -0.1) is 0 Å². The Bertz CT molecular complexity index is 629. The highest BCUT2D eigenvalue weighted by molar-refractivity contribution is 9.10. The topological polar surface area (TPSA) is 38.3 Å². The number of hydrogen-bond donors (Lipinski definition) is 1. The summed E-state index contributed by atoms with van der Waals surface area (Å²) in [6.07, 6.45) is 0.937. The molecular formula is C16H15BrFNO2. The molecule has 110 valence electrons. The van der Waals surface area contributed by atoms with Crippen molar-refractivity contribution in [3.05, 3.63) is 58.3 Å². The second-order valence-corrected chi connectivity index (χ2v) is 5.22. The number of carbonyl (C=O) groups is 1. The molecule has 0 bridgehead atoms. The average Bonchev–Trinajstić information content (AvgIpc) is 2.49. The highest BCUT2D eigenvalue weighted by Gasteiger charge is 2.13. The largest absolute Gasteiger partial charge is 0.494 e. The zero-order valence-electron chi connectivity index (χ0n) is 11.5. The quantitative estimate of drug-likeness (QED) is 0.852. The van der Waals surface area contributed by atoms with Crippen molar-refractivity contribution in [1.29, 1.82) is 0 Å². The lowest BCUT2D eigenvalue weighted by atomic mass is 10.2. The molecule has 0 aliphatic carbocycles. The van der Waals surface area contributed by atoms with E-state index >= 15 is 0 Å². The molecule has 0 aromatic heterocycles. The van der Waals surface area contributed by atoms with Crippen molar-refractivity contribution in [1.82, 2.24) is 0 Å². The van der Waals surface area contributed by atoms with Crippen LogP contribution in [0.25, 0.3) is 0 Å². The smallest absolute Gasteiger partial charge is 0.256 e. The van der Waals surface area contributed by atoms with Gasteiger partial charge in [-0.25, -0.2) is 4.39 Å². The Morgan fingerprint density at radius 2 is 1.95 bits per heavy atom. The summed E-state index contributed by atoms with van der Waals surface area (Å²) in [5.74, 6) is -0.0867. The standard InChI is InChI=1S/C16H15BrFNO2/c1-2-10-21-12-8-6-11(7-9-12)19-16(20)13-4-3-5-14(18)15(13)17/h3-9H,2,10H2,1H3,(H,19,20). The van der Waals surface area contributed by atoms with Crippen LogP contribution in [-0.2, 0) is 0 Å². The molecule has 21 heavy (non-hydrogen) atoms. The van der Waals surface area contributed by atoms with Crippen molar-refractivity contribution in [2.75, 3.05) is 11.9 Å². The van der Waals surface area contributed by atoms with E-state index < -0.39 is 5.82 Å². The maximum atomic E-state index is 13.4. The molecule has 0 aliphatic rings. The van der Waals surface area contributed by atoms with Crippen LogP contribution >= 0.6 is 15.9 Å². The summed E-state index contributed by atoms with van der Waals surface area (Å²) in [4.78, 5) is 12.1. The van der Waals surface area contributed by atoms with E-state index in [-0.39, 0.29) is 15.9 Å². The number of amides is 1. The van der Waals surface area contributed by atoms with Crippen LogP contribution < -0.4 is 10.1 Å². The number of nitrogens with one attached hydrogen (secondary N) is 1. The van der Waals surface area contributed by atoms with E-state index in [0.717, 1.165) is 12.2 Å². The highest BCUT2D eigenvalue weighted by atomic mass is 79.9. The van der Waals surface area contributed by atoms with Crippen molar-refractivity contribution < 1.29 is 13.9 Å². The van der Waals surface area contributed by atoms with Crippen LogP contribution in [-0.4, -0.2) is 12.5 Å². The number of halogens is 2. The third-order valence-electron chi connectivity index (χ3n) is 2.78. The molecule has 0 heterocycles. The average molecular weight is 352 g/mol.